The number of methoxy groups -OCH3 is 1. The summed E-state index contributed by atoms with van der Waals surface area (Å²) < 4.78 is 34.6. The van der Waals surface area contributed by atoms with E-state index in [9.17, 15) is 13.2 Å². The third-order valence-corrected chi connectivity index (χ3v) is 8.17. The van der Waals surface area contributed by atoms with E-state index in [1.807, 2.05) is 35.9 Å². The molecule has 1 unspecified atom stereocenters. The van der Waals surface area contributed by atoms with Crippen molar-refractivity contribution in [1.82, 2.24) is 24.2 Å². The number of rotatable bonds is 7. The third-order valence-electron chi connectivity index (χ3n) is 5.35. The maximum absolute atomic E-state index is 13.1. The highest BCUT2D eigenvalue weighted by atomic mass is 32.2. The fourth-order valence-electron chi connectivity index (χ4n) is 3.64. The van der Waals surface area contributed by atoms with Crippen LogP contribution in [0.15, 0.2) is 53.8 Å². The molecule has 1 aliphatic rings. The van der Waals surface area contributed by atoms with Crippen LogP contribution in [0.2, 0.25) is 0 Å². The van der Waals surface area contributed by atoms with Gasteiger partial charge >= 0.3 is 0 Å². The zero-order chi connectivity index (χ0) is 22.7. The maximum atomic E-state index is 13.1. The number of carbonyl (C=O) groups is 1. The topological polar surface area (TPSA) is 109 Å². The minimum Gasteiger partial charge on any atom is -0.496 e. The van der Waals surface area contributed by atoms with Crippen LogP contribution in [0.5, 0.6) is 5.75 Å². The van der Waals surface area contributed by atoms with Gasteiger partial charge in [-0.05, 0) is 12.1 Å². The van der Waals surface area contributed by atoms with E-state index in [4.69, 9.17) is 4.74 Å². The van der Waals surface area contributed by atoms with Crippen LogP contribution in [-0.2, 0) is 17.1 Å². The highest BCUT2D eigenvalue weighted by Crippen LogP contribution is 2.29. The van der Waals surface area contributed by atoms with E-state index in [2.05, 4.69) is 15.3 Å². The summed E-state index contributed by atoms with van der Waals surface area (Å²) in [5, 5.41) is 2.97. The molecule has 4 rings (SSSR count). The summed E-state index contributed by atoms with van der Waals surface area (Å²) in [4.78, 5) is 20.4. The molecule has 2 N–H and O–H groups in total. The maximum Gasteiger partial charge on any atom is 0.268 e. The van der Waals surface area contributed by atoms with E-state index in [1.165, 1.54) is 16.6 Å². The van der Waals surface area contributed by atoms with Crippen LogP contribution in [0, 0.1) is 0 Å². The standard InChI is InChI=1S/C21H25N5O4S2/c1-25-8-7-22-20(25)19(16-5-3-4-6-18(16)30-2)24-21(27)17-13-15(14-23-17)32(28,29)26-9-11-31-12-10-26/h3-8,13-14,19,23H,9-12H2,1-2H3,(H,24,27). The number of aromatic nitrogens is 3. The van der Waals surface area contributed by atoms with Gasteiger partial charge < -0.3 is 19.6 Å². The van der Waals surface area contributed by atoms with Crippen LogP contribution in [0.4, 0.5) is 0 Å². The number of amides is 1. The van der Waals surface area contributed by atoms with Crippen LogP contribution in [0.3, 0.4) is 0 Å². The molecule has 3 aromatic rings. The molecule has 0 saturated carbocycles. The van der Waals surface area contributed by atoms with Gasteiger partial charge in [0.05, 0.1) is 7.11 Å². The molecule has 32 heavy (non-hydrogen) atoms. The molecule has 0 spiro atoms. The lowest BCUT2D eigenvalue weighted by Crippen LogP contribution is -2.37. The monoisotopic (exact) mass is 475 g/mol. The van der Waals surface area contributed by atoms with Gasteiger partial charge in [-0.1, -0.05) is 18.2 Å². The molecule has 0 bridgehead atoms. The van der Waals surface area contributed by atoms with Crippen LogP contribution < -0.4 is 10.1 Å². The molecular weight excluding hydrogens is 450 g/mol. The van der Waals surface area contributed by atoms with Gasteiger partial charge in [0.25, 0.3) is 5.91 Å². The first-order valence-corrected chi connectivity index (χ1v) is 12.7. The predicted octanol–water partition coefficient (Wildman–Crippen LogP) is 2.01. The molecule has 0 radical (unpaired) electrons. The SMILES string of the molecule is COc1ccccc1C(NC(=O)c1cc(S(=O)(=O)N2CCSCC2)c[nH]1)c1nccn1C. The molecule has 0 aliphatic carbocycles. The second-order valence-electron chi connectivity index (χ2n) is 7.31. The molecule has 9 nitrogen and oxygen atoms in total. The van der Waals surface area contributed by atoms with Crippen molar-refractivity contribution in [2.75, 3.05) is 31.7 Å². The summed E-state index contributed by atoms with van der Waals surface area (Å²) >= 11 is 1.73. The molecule has 1 atom stereocenters. The lowest BCUT2D eigenvalue weighted by molar-refractivity contribution is 0.0936. The summed E-state index contributed by atoms with van der Waals surface area (Å²) in [5.74, 6) is 2.31. The number of aromatic amines is 1. The van der Waals surface area contributed by atoms with Gasteiger partial charge in [-0.2, -0.15) is 16.1 Å². The molecule has 1 amide bonds. The number of nitrogens with one attached hydrogen (secondary N) is 2. The zero-order valence-electron chi connectivity index (χ0n) is 17.8. The first kappa shape index (κ1) is 22.4. The van der Waals surface area contributed by atoms with Crippen molar-refractivity contribution in [3.63, 3.8) is 0 Å². The first-order valence-electron chi connectivity index (χ1n) is 10.1. The summed E-state index contributed by atoms with van der Waals surface area (Å²) in [7, 11) is -0.236. The number of hydrogen-bond acceptors (Lipinski definition) is 6. The van der Waals surface area contributed by atoms with Gasteiger partial charge in [0, 0.05) is 55.8 Å². The van der Waals surface area contributed by atoms with Crippen molar-refractivity contribution >= 4 is 27.7 Å². The van der Waals surface area contributed by atoms with Gasteiger partial charge in [0.2, 0.25) is 10.0 Å². The van der Waals surface area contributed by atoms with Gasteiger partial charge in [0.1, 0.15) is 28.2 Å². The van der Waals surface area contributed by atoms with Gasteiger partial charge in [0.15, 0.2) is 0 Å². The molecule has 1 fully saturated rings. The van der Waals surface area contributed by atoms with E-state index in [-0.39, 0.29) is 10.6 Å². The quantitative estimate of drug-likeness (QED) is 0.541. The number of para-hydroxylation sites is 1. The highest BCUT2D eigenvalue weighted by molar-refractivity contribution is 7.99. The van der Waals surface area contributed by atoms with Gasteiger partial charge in [-0.25, -0.2) is 13.4 Å². The number of H-pyrrole nitrogens is 1. The minimum absolute atomic E-state index is 0.0837. The van der Waals surface area contributed by atoms with Crippen molar-refractivity contribution in [1.29, 1.82) is 0 Å². The number of nitrogens with zero attached hydrogens (tertiary/aromatic N) is 3. The minimum atomic E-state index is -3.64. The molecule has 11 heteroatoms. The van der Waals surface area contributed by atoms with Crippen molar-refractivity contribution in [2.24, 2.45) is 7.05 Å². The average molecular weight is 476 g/mol. The van der Waals surface area contributed by atoms with Gasteiger partial charge in [-0.15, -0.1) is 0 Å². The number of aryl methyl sites for hydroxylation is 1. The van der Waals surface area contributed by atoms with E-state index < -0.39 is 22.0 Å². The smallest absolute Gasteiger partial charge is 0.268 e. The lowest BCUT2D eigenvalue weighted by Gasteiger charge is -2.24. The Balaban J connectivity index is 1.62. The molecule has 1 aliphatic heterocycles. The van der Waals surface area contributed by atoms with E-state index in [1.54, 1.807) is 31.3 Å². The fourth-order valence-corrected chi connectivity index (χ4v) is 6.21. The molecule has 1 saturated heterocycles. The normalized spacial score (nSPS) is 15.9. The number of ether oxygens (including phenoxy) is 1. The Hall–Kier alpha value is -2.76. The summed E-state index contributed by atoms with van der Waals surface area (Å²) in [6.07, 6.45) is 4.81. The van der Waals surface area contributed by atoms with E-state index in [0.717, 1.165) is 17.1 Å². The molecule has 2 aromatic heterocycles. The Morgan fingerprint density at radius 3 is 2.72 bits per heavy atom. The number of benzene rings is 1. The van der Waals surface area contributed by atoms with Crippen LogP contribution in [0.1, 0.15) is 27.9 Å². The second-order valence-corrected chi connectivity index (χ2v) is 10.5. The highest BCUT2D eigenvalue weighted by Gasteiger charge is 2.29. The number of imidazole rings is 1. The zero-order valence-corrected chi connectivity index (χ0v) is 19.4. The Kier molecular flexibility index (Phi) is 6.58. The van der Waals surface area contributed by atoms with Crippen LogP contribution in [-0.4, -0.2) is 64.9 Å². The Labute approximate surface area is 191 Å². The number of hydrogen-bond donors (Lipinski definition) is 2. The van der Waals surface area contributed by atoms with Crippen LogP contribution >= 0.6 is 11.8 Å². The van der Waals surface area contributed by atoms with Gasteiger partial charge in [-0.3, -0.25) is 4.79 Å². The average Bonchev–Trinajstić information content (AvgIpc) is 3.48. The largest absolute Gasteiger partial charge is 0.496 e. The Bertz CT molecular complexity index is 1200. The summed E-state index contributed by atoms with van der Waals surface area (Å²) in [6.45, 7) is 0.934. The number of sulfonamides is 1. The van der Waals surface area contributed by atoms with Crippen molar-refractivity contribution < 1.29 is 17.9 Å². The number of carbonyl (C=O) groups excluding carboxylic acids is 1. The lowest BCUT2D eigenvalue weighted by atomic mass is 10.0. The molecular formula is C21H25N5O4S2. The summed E-state index contributed by atoms with van der Waals surface area (Å²) in [6, 6.07) is 8.16. The van der Waals surface area contributed by atoms with E-state index >= 15 is 0 Å². The Morgan fingerprint density at radius 1 is 1.28 bits per heavy atom. The fraction of sp³-hybridized carbons (Fsp3) is 0.333. The van der Waals surface area contributed by atoms with Crippen LogP contribution in [0.25, 0.3) is 0 Å². The predicted molar refractivity (Wildman–Crippen MR) is 122 cm³/mol. The number of thioether (sulfide) groups is 1. The first-order chi connectivity index (χ1) is 15.4. The molecule has 1 aromatic carbocycles. The third kappa shape index (κ3) is 4.41. The van der Waals surface area contributed by atoms with Crippen molar-refractivity contribution in [3.05, 3.63) is 66.0 Å². The second kappa shape index (κ2) is 9.39. The molecule has 170 valence electrons. The Morgan fingerprint density at radius 2 is 2.03 bits per heavy atom. The molecule has 3 heterocycles. The summed E-state index contributed by atoms with van der Waals surface area (Å²) in [5.41, 5.74) is 0.895. The van der Waals surface area contributed by atoms with E-state index in [0.29, 0.717) is 24.7 Å². The van der Waals surface area contributed by atoms with Crippen molar-refractivity contribution in [3.8, 4) is 5.75 Å². The van der Waals surface area contributed by atoms with Crippen molar-refractivity contribution in [2.45, 2.75) is 10.9 Å².